The number of fused-ring (bicyclic) bond motifs is 1. The quantitative estimate of drug-likeness (QED) is 0.692. The van der Waals surface area contributed by atoms with E-state index in [0.717, 1.165) is 5.56 Å². The summed E-state index contributed by atoms with van der Waals surface area (Å²) in [6, 6.07) is 4.87. The Bertz CT molecular complexity index is 587. The lowest BCUT2D eigenvalue weighted by atomic mass is 9.63. The number of nitrogens with one attached hydrogen (secondary N) is 1. The number of ketones is 1. The van der Waals surface area contributed by atoms with Crippen LogP contribution in [0.2, 0.25) is 5.82 Å². The largest absolute Gasteiger partial charge is 0.535 e. The van der Waals surface area contributed by atoms with Crippen LogP contribution in [-0.2, 0) is 11.2 Å². The van der Waals surface area contributed by atoms with E-state index in [1.807, 2.05) is 0 Å². The van der Waals surface area contributed by atoms with E-state index >= 15 is 0 Å². The van der Waals surface area contributed by atoms with E-state index in [4.69, 9.17) is 9.76 Å². The molecule has 1 aromatic rings. The molecule has 21 heavy (non-hydrogen) atoms. The van der Waals surface area contributed by atoms with Crippen molar-refractivity contribution in [3.63, 3.8) is 0 Å². The molecule has 1 fully saturated rings. The number of benzene rings is 1. The lowest BCUT2D eigenvalue weighted by Crippen LogP contribution is -2.47. The fraction of sp³-hybridized carbons (Fsp3) is 0.429. The number of hydrogen-bond acceptors (Lipinski definition) is 5. The Kier molecular flexibility index (Phi) is 3.69. The third-order valence-corrected chi connectivity index (χ3v) is 4.15. The van der Waals surface area contributed by atoms with Crippen molar-refractivity contribution in [3.8, 4) is 5.75 Å². The van der Waals surface area contributed by atoms with Gasteiger partial charge in [0.2, 0.25) is 0 Å². The molecule has 0 unspecified atom stereocenters. The van der Waals surface area contributed by atoms with Gasteiger partial charge in [0.05, 0.1) is 5.56 Å². The summed E-state index contributed by atoms with van der Waals surface area (Å²) in [5, 5.41) is 22.2. The van der Waals surface area contributed by atoms with Crippen molar-refractivity contribution in [1.29, 1.82) is 0 Å². The summed E-state index contributed by atoms with van der Waals surface area (Å²) in [6.45, 7) is 1.39. The third kappa shape index (κ3) is 2.66. The van der Waals surface area contributed by atoms with E-state index < -0.39 is 13.1 Å². The molecular weight excluding hydrogens is 273 g/mol. The van der Waals surface area contributed by atoms with Gasteiger partial charge in [-0.2, -0.15) is 0 Å². The summed E-state index contributed by atoms with van der Waals surface area (Å²) in [6.07, 6.45) is 0.702. The van der Waals surface area contributed by atoms with Gasteiger partial charge in [0.15, 0.2) is 0 Å². The molecule has 1 atom stereocenters. The molecule has 3 rings (SSSR count). The molecule has 2 heterocycles. The molecule has 110 valence electrons. The van der Waals surface area contributed by atoms with Crippen LogP contribution in [0.25, 0.3) is 0 Å². The van der Waals surface area contributed by atoms with Crippen LogP contribution in [0, 0.1) is 5.92 Å². The summed E-state index contributed by atoms with van der Waals surface area (Å²) in [5.41, 5.74) is 0.768. The van der Waals surface area contributed by atoms with Gasteiger partial charge in [0.25, 0.3) is 0 Å². The average Bonchev–Trinajstić information content (AvgIpc) is 2.36. The van der Waals surface area contributed by atoms with Gasteiger partial charge >= 0.3 is 13.1 Å². The highest BCUT2D eigenvalue weighted by Gasteiger charge is 2.39. The van der Waals surface area contributed by atoms with Crippen molar-refractivity contribution in [3.05, 3.63) is 29.3 Å². The number of aromatic carboxylic acids is 1. The number of para-hydroxylation sites is 1. The van der Waals surface area contributed by atoms with E-state index in [1.165, 1.54) is 6.07 Å². The summed E-state index contributed by atoms with van der Waals surface area (Å²) < 4.78 is 5.38. The highest BCUT2D eigenvalue weighted by atomic mass is 16.5. The van der Waals surface area contributed by atoms with Crippen LogP contribution in [0.3, 0.4) is 0 Å². The van der Waals surface area contributed by atoms with Crippen molar-refractivity contribution in [1.82, 2.24) is 5.32 Å². The minimum Gasteiger partial charge on any atom is -0.535 e. The van der Waals surface area contributed by atoms with Crippen molar-refractivity contribution in [2.75, 3.05) is 13.1 Å². The fourth-order valence-electron chi connectivity index (χ4n) is 2.77. The topological polar surface area (TPSA) is 95.9 Å². The predicted molar refractivity (Wildman–Crippen MR) is 75.4 cm³/mol. The number of carboxylic acid groups (broad SMARTS) is 1. The van der Waals surface area contributed by atoms with Gasteiger partial charge in [-0.25, -0.2) is 4.79 Å². The van der Waals surface area contributed by atoms with E-state index in [2.05, 4.69) is 5.32 Å². The maximum atomic E-state index is 12.0. The number of carboxylic acids is 1. The molecule has 0 bridgehead atoms. The van der Waals surface area contributed by atoms with Gasteiger partial charge in [-0.15, -0.1) is 0 Å². The standard InChI is InChI=1S/C14H16BNO5/c17-12(9-6-16-7-9)5-10-4-8-2-1-3-11(14(18)19)13(8)21-15(10)20/h1-3,9-10,16,20H,4-7H2,(H,18,19)/t10-/m1/s1. The first-order chi connectivity index (χ1) is 10.1. The molecule has 2 aliphatic rings. The molecule has 1 saturated heterocycles. The minimum absolute atomic E-state index is 0.0314. The average molecular weight is 289 g/mol. The zero-order valence-corrected chi connectivity index (χ0v) is 11.4. The summed E-state index contributed by atoms with van der Waals surface area (Å²) in [5.74, 6) is -1.04. The Morgan fingerprint density at radius 2 is 2.14 bits per heavy atom. The first-order valence-electron chi connectivity index (χ1n) is 6.99. The van der Waals surface area contributed by atoms with Crippen molar-refractivity contribution in [2.45, 2.75) is 18.7 Å². The maximum absolute atomic E-state index is 12.0. The normalized spacial score (nSPS) is 21.2. The van der Waals surface area contributed by atoms with E-state index in [-0.39, 0.29) is 35.3 Å². The fourth-order valence-corrected chi connectivity index (χ4v) is 2.77. The molecule has 0 radical (unpaired) electrons. The third-order valence-electron chi connectivity index (χ3n) is 4.15. The molecule has 7 heteroatoms. The molecule has 6 nitrogen and oxygen atoms in total. The van der Waals surface area contributed by atoms with Gasteiger partial charge < -0.3 is 20.1 Å². The predicted octanol–water partition coefficient (Wildman–Crippen LogP) is 0.349. The Balaban J connectivity index is 1.77. The molecular formula is C14H16BNO5. The molecule has 0 saturated carbocycles. The first kappa shape index (κ1) is 14.1. The van der Waals surface area contributed by atoms with Crippen molar-refractivity contribution in [2.24, 2.45) is 5.92 Å². The monoisotopic (exact) mass is 289 g/mol. The SMILES string of the molecule is O=C(O)c1cccc2c1OB(O)[C@@H](CC(=O)C1CNC1)C2. The highest BCUT2D eigenvalue weighted by Crippen LogP contribution is 2.36. The van der Waals surface area contributed by atoms with Gasteiger partial charge in [-0.1, -0.05) is 12.1 Å². The number of rotatable bonds is 4. The summed E-state index contributed by atoms with van der Waals surface area (Å²) in [4.78, 5) is 23.2. The highest BCUT2D eigenvalue weighted by molar-refractivity contribution is 6.47. The van der Waals surface area contributed by atoms with Crippen molar-refractivity contribution >= 4 is 18.9 Å². The smallest absolute Gasteiger partial charge is 0.526 e. The van der Waals surface area contributed by atoms with Crippen LogP contribution in [0.5, 0.6) is 5.75 Å². The van der Waals surface area contributed by atoms with Crippen LogP contribution in [0.4, 0.5) is 0 Å². The van der Waals surface area contributed by atoms with Crippen LogP contribution >= 0.6 is 0 Å². The Hall–Kier alpha value is -1.86. The zero-order chi connectivity index (χ0) is 15.0. The van der Waals surface area contributed by atoms with Crippen molar-refractivity contribution < 1.29 is 24.4 Å². The molecule has 2 aliphatic heterocycles. The summed E-state index contributed by atoms with van der Waals surface area (Å²) >= 11 is 0. The zero-order valence-electron chi connectivity index (χ0n) is 11.4. The number of carbonyl (C=O) groups excluding carboxylic acids is 1. The second-order valence-electron chi connectivity index (χ2n) is 5.60. The number of carbonyl (C=O) groups is 2. The molecule has 0 aromatic heterocycles. The van der Waals surface area contributed by atoms with Gasteiger partial charge in [-0.05, 0) is 18.1 Å². The van der Waals surface area contributed by atoms with Crippen LogP contribution in [0.1, 0.15) is 22.3 Å². The Labute approximate surface area is 122 Å². The van der Waals surface area contributed by atoms with Crippen LogP contribution < -0.4 is 9.97 Å². The van der Waals surface area contributed by atoms with Crippen LogP contribution in [-0.4, -0.2) is 42.1 Å². The van der Waals surface area contributed by atoms with E-state index in [0.29, 0.717) is 19.5 Å². The lowest BCUT2D eigenvalue weighted by molar-refractivity contribution is -0.124. The van der Waals surface area contributed by atoms with Crippen LogP contribution in [0.15, 0.2) is 18.2 Å². The number of hydrogen-bond donors (Lipinski definition) is 3. The molecule has 0 aliphatic carbocycles. The summed E-state index contributed by atoms with van der Waals surface area (Å²) in [7, 11) is -1.14. The maximum Gasteiger partial charge on any atom is 0.526 e. The van der Waals surface area contributed by atoms with E-state index in [9.17, 15) is 14.6 Å². The second kappa shape index (κ2) is 5.50. The van der Waals surface area contributed by atoms with Gasteiger partial charge in [0.1, 0.15) is 11.5 Å². The molecule has 1 aromatic carbocycles. The Morgan fingerprint density at radius 1 is 1.38 bits per heavy atom. The second-order valence-corrected chi connectivity index (χ2v) is 5.60. The van der Waals surface area contributed by atoms with Gasteiger partial charge in [0, 0.05) is 31.2 Å². The number of Topliss-reactive ketones (excluding diaryl/α,β-unsaturated/α-hetero) is 1. The molecule has 0 spiro atoms. The van der Waals surface area contributed by atoms with E-state index in [1.54, 1.807) is 12.1 Å². The lowest BCUT2D eigenvalue weighted by Gasteiger charge is -2.31. The van der Waals surface area contributed by atoms with Gasteiger partial charge in [-0.3, -0.25) is 4.79 Å². The molecule has 0 amide bonds. The molecule has 3 N–H and O–H groups in total. The minimum atomic E-state index is -1.14. The Morgan fingerprint density at radius 3 is 2.76 bits per heavy atom. The first-order valence-corrected chi connectivity index (χ1v) is 6.99.